The summed E-state index contributed by atoms with van der Waals surface area (Å²) in [4.78, 5) is 32.4. The van der Waals surface area contributed by atoms with Crippen molar-refractivity contribution < 1.29 is 9.59 Å². The molecular weight excluding hydrogens is 356 g/mol. The van der Waals surface area contributed by atoms with Crippen molar-refractivity contribution in [1.82, 2.24) is 19.6 Å². The van der Waals surface area contributed by atoms with E-state index in [2.05, 4.69) is 0 Å². The zero-order valence-corrected chi connectivity index (χ0v) is 16.4. The number of rotatable bonds is 1. The van der Waals surface area contributed by atoms with Gasteiger partial charge in [-0.15, -0.1) is 0 Å². The molecule has 2 heterocycles. The molecule has 6 nitrogen and oxygen atoms in total. The lowest BCUT2D eigenvalue weighted by atomic mass is 9.95. The molecule has 0 unspecified atom stereocenters. The summed E-state index contributed by atoms with van der Waals surface area (Å²) >= 11 is 11.1. The molecule has 2 aliphatic heterocycles. The van der Waals surface area contributed by atoms with Gasteiger partial charge in [-0.3, -0.25) is 19.4 Å². The highest BCUT2D eigenvalue weighted by molar-refractivity contribution is 7.80. The lowest BCUT2D eigenvalue weighted by Gasteiger charge is -2.43. The monoisotopic (exact) mass is 376 g/mol. The number of carbonyl (C=O) groups excluding carboxylic acids is 2. The number of likely N-dealkylation sites (N-methyl/N-ethyl adjacent to an activating group) is 2. The minimum atomic E-state index is -1.05. The van der Waals surface area contributed by atoms with Gasteiger partial charge in [-0.25, -0.2) is 0 Å². The summed E-state index contributed by atoms with van der Waals surface area (Å²) < 4.78 is 0. The Kier molecular flexibility index (Phi) is 3.88. The lowest BCUT2D eigenvalue weighted by molar-refractivity contribution is -0.133. The van der Waals surface area contributed by atoms with E-state index in [4.69, 9.17) is 24.4 Å². The van der Waals surface area contributed by atoms with E-state index in [0.29, 0.717) is 15.8 Å². The van der Waals surface area contributed by atoms with Crippen LogP contribution in [0.3, 0.4) is 0 Å². The van der Waals surface area contributed by atoms with Crippen molar-refractivity contribution in [2.45, 2.75) is 32.1 Å². The third kappa shape index (κ3) is 1.95. The first-order valence-electron chi connectivity index (χ1n) is 7.86. The largest absolute Gasteiger partial charge is 0.325 e. The highest BCUT2D eigenvalue weighted by atomic mass is 32.1. The number of carbonyl (C=O) groups is 2. The molecule has 0 N–H and O–H groups in total. The van der Waals surface area contributed by atoms with Gasteiger partial charge in [0.2, 0.25) is 5.91 Å². The molecule has 0 aliphatic carbocycles. The first kappa shape index (κ1) is 17.8. The van der Waals surface area contributed by atoms with Gasteiger partial charge in [0.1, 0.15) is 0 Å². The van der Waals surface area contributed by atoms with Crippen LogP contribution in [-0.4, -0.2) is 67.1 Å². The van der Waals surface area contributed by atoms with E-state index in [9.17, 15) is 9.59 Å². The van der Waals surface area contributed by atoms with E-state index in [-0.39, 0.29) is 11.8 Å². The highest BCUT2D eigenvalue weighted by Gasteiger charge is 2.72. The van der Waals surface area contributed by atoms with Crippen LogP contribution in [-0.2, 0) is 4.79 Å². The maximum atomic E-state index is 13.3. The summed E-state index contributed by atoms with van der Waals surface area (Å²) in [7, 11) is 3.64. The Morgan fingerprint density at radius 2 is 1.36 bits per heavy atom. The van der Waals surface area contributed by atoms with Gasteiger partial charge < -0.3 is 9.80 Å². The molecule has 132 valence electrons. The van der Waals surface area contributed by atoms with Gasteiger partial charge in [0.25, 0.3) is 5.91 Å². The second-order valence-corrected chi connectivity index (χ2v) is 7.32. The Morgan fingerprint density at radius 3 is 1.84 bits per heavy atom. The Morgan fingerprint density at radius 1 is 0.880 bits per heavy atom. The standard InChI is InChI=1S/C17H20N4O2S2/c1-11(22)20-14(24)18(4)16(2)17(20,3)21(15(25)19(16)5)13(23)12-9-7-6-8-10-12/h6-10H,1-5H3/t16-,17+/m1/s1. The molecule has 0 saturated carbocycles. The van der Waals surface area contributed by atoms with Gasteiger partial charge in [-0.2, -0.15) is 0 Å². The van der Waals surface area contributed by atoms with Crippen LogP contribution in [0.1, 0.15) is 31.1 Å². The van der Waals surface area contributed by atoms with E-state index < -0.39 is 11.3 Å². The maximum Gasteiger partial charge on any atom is 0.262 e. The van der Waals surface area contributed by atoms with Crippen LogP contribution in [0, 0.1) is 0 Å². The molecule has 0 bridgehead atoms. The van der Waals surface area contributed by atoms with Crippen LogP contribution < -0.4 is 0 Å². The number of amides is 2. The van der Waals surface area contributed by atoms with Gasteiger partial charge in [-0.1, -0.05) is 18.2 Å². The van der Waals surface area contributed by atoms with E-state index in [0.717, 1.165) is 0 Å². The van der Waals surface area contributed by atoms with Crippen LogP contribution in [0.4, 0.5) is 0 Å². The van der Waals surface area contributed by atoms with Gasteiger partial charge in [0, 0.05) is 26.6 Å². The second-order valence-electron chi connectivity index (χ2n) is 6.59. The van der Waals surface area contributed by atoms with E-state index >= 15 is 0 Å². The van der Waals surface area contributed by atoms with Crippen molar-refractivity contribution in [1.29, 1.82) is 0 Å². The topological polar surface area (TPSA) is 47.1 Å². The molecule has 8 heteroatoms. The van der Waals surface area contributed by atoms with Crippen molar-refractivity contribution in [2.24, 2.45) is 0 Å². The molecule has 2 atom stereocenters. The number of nitrogens with zero attached hydrogens (tertiary/aromatic N) is 4. The summed E-state index contributed by atoms with van der Waals surface area (Å²) in [6.45, 7) is 5.22. The molecule has 2 aliphatic rings. The average molecular weight is 377 g/mol. The lowest BCUT2D eigenvalue weighted by Crippen LogP contribution is -2.65. The molecular formula is C17H20N4O2S2. The predicted octanol–water partition coefficient (Wildman–Crippen LogP) is 1.87. The van der Waals surface area contributed by atoms with E-state index in [1.165, 1.54) is 16.7 Å². The zero-order valence-electron chi connectivity index (χ0n) is 14.8. The van der Waals surface area contributed by atoms with Gasteiger partial charge in [0.05, 0.1) is 0 Å². The minimum absolute atomic E-state index is 0.230. The fourth-order valence-corrected chi connectivity index (χ4v) is 4.79. The minimum Gasteiger partial charge on any atom is -0.325 e. The Labute approximate surface area is 158 Å². The van der Waals surface area contributed by atoms with Crippen LogP contribution in [0.5, 0.6) is 0 Å². The number of fused-ring (bicyclic) bond motifs is 1. The highest BCUT2D eigenvalue weighted by Crippen LogP contribution is 2.50. The third-order valence-corrected chi connectivity index (χ3v) is 6.48. The first-order chi connectivity index (χ1) is 11.6. The number of hydrogen-bond donors (Lipinski definition) is 0. The SMILES string of the molecule is CC(=O)N1C(=S)N(C)[C@]2(C)N(C)C(=S)N(C(=O)c3ccccc3)[C@]12C. The molecule has 2 fully saturated rings. The Balaban J connectivity index is 2.23. The van der Waals surface area contributed by atoms with Crippen LogP contribution in [0.25, 0.3) is 0 Å². The summed E-state index contributed by atoms with van der Waals surface area (Å²) in [5, 5.41) is 0.733. The van der Waals surface area contributed by atoms with Crippen molar-refractivity contribution in [2.75, 3.05) is 14.1 Å². The molecule has 0 spiro atoms. The molecule has 0 aromatic heterocycles. The predicted molar refractivity (Wildman–Crippen MR) is 103 cm³/mol. The summed E-state index contributed by atoms with van der Waals surface area (Å²) in [5.74, 6) is -0.486. The van der Waals surface area contributed by atoms with Crippen molar-refractivity contribution in [3.63, 3.8) is 0 Å². The zero-order chi connectivity index (χ0) is 18.7. The quantitative estimate of drug-likeness (QED) is 0.698. The normalized spacial score (nSPS) is 28.7. The smallest absolute Gasteiger partial charge is 0.262 e. The fourth-order valence-electron chi connectivity index (χ4n) is 3.86. The number of thiocarbonyl (C=S) groups is 2. The third-order valence-electron chi connectivity index (χ3n) is 5.57. The first-order valence-corrected chi connectivity index (χ1v) is 8.67. The fraction of sp³-hybridized carbons (Fsp3) is 0.412. The molecule has 25 heavy (non-hydrogen) atoms. The summed E-state index contributed by atoms with van der Waals surface area (Å²) in [5.41, 5.74) is -1.31. The molecule has 2 amide bonds. The average Bonchev–Trinajstić information content (AvgIpc) is 2.83. The van der Waals surface area contributed by atoms with Crippen LogP contribution in [0.2, 0.25) is 0 Å². The van der Waals surface area contributed by atoms with E-state index in [1.807, 2.05) is 43.8 Å². The van der Waals surface area contributed by atoms with Crippen molar-refractivity contribution in [3.05, 3.63) is 35.9 Å². The van der Waals surface area contributed by atoms with Gasteiger partial charge in [0.15, 0.2) is 21.6 Å². The Hall–Kier alpha value is -2.06. The molecule has 0 radical (unpaired) electrons. The van der Waals surface area contributed by atoms with Crippen molar-refractivity contribution in [3.8, 4) is 0 Å². The van der Waals surface area contributed by atoms with Crippen LogP contribution in [0.15, 0.2) is 30.3 Å². The maximum absolute atomic E-state index is 13.3. The van der Waals surface area contributed by atoms with Crippen LogP contribution >= 0.6 is 24.4 Å². The van der Waals surface area contributed by atoms with E-state index in [1.54, 1.807) is 24.3 Å². The number of benzene rings is 1. The summed E-state index contributed by atoms with van der Waals surface area (Å²) in [6.07, 6.45) is 0. The molecule has 1 aromatic carbocycles. The Bertz CT molecular complexity index is 799. The molecule has 2 saturated heterocycles. The van der Waals surface area contributed by atoms with Gasteiger partial charge >= 0.3 is 0 Å². The molecule has 1 aromatic rings. The molecule has 3 rings (SSSR count). The summed E-state index contributed by atoms with van der Waals surface area (Å²) in [6, 6.07) is 8.91. The number of hydrogen-bond acceptors (Lipinski definition) is 4. The second kappa shape index (κ2) is 5.47. The van der Waals surface area contributed by atoms with Crippen molar-refractivity contribution >= 4 is 46.5 Å². The van der Waals surface area contributed by atoms with Gasteiger partial charge in [-0.05, 0) is 50.4 Å².